The van der Waals surface area contributed by atoms with Crippen LogP contribution in [0.1, 0.15) is 45.4 Å². The van der Waals surface area contributed by atoms with Crippen molar-refractivity contribution in [1.82, 2.24) is 5.32 Å². The Morgan fingerprint density at radius 2 is 1.89 bits per heavy atom. The molecule has 0 atom stereocenters. The second kappa shape index (κ2) is 8.35. The lowest BCUT2D eigenvalue weighted by atomic mass is 10.1. The van der Waals surface area contributed by atoms with E-state index < -0.39 is 0 Å². The van der Waals surface area contributed by atoms with E-state index >= 15 is 0 Å². The summed E-state index contributed by atoms with van der Waals surface area (Å²) in [4.78, 5) is 0. The van der Waals surface area contributed by atoms with Crippen molar-refractivity contribution in [3.8, 4) is 0 Å². The van der Waals surface area contributed by atoms with Crippen LogP contribution < -0.4 is 5.32 Å². The average Bonchev–Trinajstić information content (AvgIpc) is 2.78. The Labute approximate surface area is 116 Å². The van der Waals surface area contributed by atoms with Crippen molar-refractivity contribution in [3.63, 3.8) is 0 Å². The molecule has 0 amide bonds. The van der Waals surface area contributed by atoms with Crippen molar-refractivity contribution >= 4 is 0 Å². The van der Waals surface area contributed by atoms with Gasteiger partial charge in [0.05, 0.1) is 19.5 Å². The van der Waals surface area contributed by atoms with Crippen LogP contribution in [-0.4, -0.2) is 25.4 Å². The zero-order valence-corrected chi connectivity index (χ0v) is 12.6. The molecule has 1 rings (SSSR count). The summed E-state index contributed by atoms with van der Waals surface area (Å²) in [7, 11) is 0. The van der Waals surface area contributed by atoms with Crippen molar-refractivity contribution in [2.24, 2.45) is 0 Å². The van der Waals surface area contributed by atoms with Gasteiger partial charge in [-0.25, -0.2) is 0 Å². The first-order valence-electron chi connectivity index (χ1n) is 6.98. The van der Waals surface area contributed by atoms with Gasteiger partial charge in [-0.05, 0) is 33.3 Å². The number of rotatable bonds is 9. The largest absolute Gasteiger partial charge is 0.467 e. The summed E-state index contributed by atoms with van der Waals surface area (Å²) in [5.41, 5.74) is 1.26. The van der Waals surface area contributed by atoms with E-state index in [2.05, 4.69) is 33.0 Å². The van der Waals surface area contributed by atoms with Gasteiger partial charge >= 0.3 is 0 Å². The maximum Gasteiger partial charge on any atom is 0.133 e. The van der Waals surface area contributed by atoms with Gasteiger partial charge in [0.25, 0.3) is 0 Å². The van der Waals surface area contributed by atoms with Gasteiger partial charge in [-0.3, -0.25) is 0 Å². The zero-order valence-electron chi connectivity index (χ0n) is 12.6. The summed E-state index contributed by atoms with van der Waals surface area (Å²) in [6.45, 7) is 11.9. The quantitative estimate of drug-likeness (QED) is 0.700. The van der Waals surface area contributed by atoms with Gasteiger partial charge in [0.15, 0.2) is 0 Å². The summed E-state index contributed by atoms with van der Waals surface area (Å²) in [6, 6.07) is 1.99. The molecule has 0 saturated carbocycles. The third kappa shape index (κ3) is 7.35. The standard InChI is InChI=1S/C15H27NO3/c1-5-7-17-9-10-18-12-14-13(6-8-19-14)11-16-15(2,3)4/h6,8,16H,5,7,9-12H2,1-4H3. The number of hydrogen-bond acceptors (Lipinski definition) is 4. The Hall–Kier alpha value is -0.840. The molecule has 1 aromatic heterocycles. The first-order chi connectivity index (χ1) is 9.03. The summed E-state index contributed by atoms with van der Waals surface area (Å²) < 4.78 is 16.4. The van der Waals surface area contributed by atoms with Gasteiger partial charge in [0.1, 0.15) is 12.4 Å². The monoisotopic (exact) mass is 269 g/mol. The van der Waals surface area contributed by atoms with Crippen LogP contribution in [0.4, 0.5) is 0 Å². The number of nitrogens with one attached hydrogen (secondary N) is 1. The highest BCUT2D eigenvalue weighted by Crippen LogP contribution is 2.13. The van der Waals surface area contributed by atoms with E-state index in [1.54, 1.807) is 6.26 Å². The molecule has 0 spiro atoms. The maximum atomic E-state index is 5.55. The Balaban J connectivity index is 2.25. The van der Waals surface area contributed by atoms with Crippen LogP contribution in [0.15, 0.2) is 16.7 Å². The molecule has 110 valence electrons. The highest BCUT2D eigenvalue weighted by Gasteiger charge is 2.12. The van der Waals surface area contributed by atoms with Crippen LogP contribution in [0, 0.1) is 0 Å². The Morgan fingerprint density at radius 1 is 1.16 bits per heavy atom. The van der Waals surface area contributed by atoms with Crippen LogP contribution in [0.3, 0.4) is 0 Å². The van der Waals surface area contributed by atoms with Crippen LogP contribution in [-0.2, 0) is 22.6 Å². The molecule has 1 heterocycles. The highest BCUT2D eigenvalue weighted by atomic mass is 16.5. The van der Waals surface area contributed by atoms with E-state index in [1.165, 1.54) is 0 Å². The van der Waals surface area contributed by atoms with Crippen molar-refractivity contribution in [2.75, 3.05) is 19.8 Å². The minimum Gasteiger partial charge on any atom is -0.467 e. The van der Waals surface area contributed by atoms with Crippen LogP contribution in [0.5, 0.6) is 0 Å². The molecule has 0 aromatic carbocycles. The third-order valence-electron chi connectivity index (χ3n) is 2.60. The number of furan rings is 1. The first kappa shape index (κ1) is 16.2. The highest BCUT2D eigenvalue weighted by molar-refractivity contribution is 5.16. The fraction of sp³-hybridized carbons (Fsp3) is 0.733. The molecule has 4 nitrogen and oxygen atoms in total. The topological polar surface area (TPSA) is 43.6 Å². The molecule has 19 heavy (non-hydrogen) atoms. The van der Waals surface area contributed by atoms with Gasteiger partial charge < -0.3 is 19.2 Å². The van der Waals surface area contributed by atoms with Crippen LogP contribution >= 0.6 is 0 Å². The van der Waals surface area contributed by atoms with Gasteiger partial charge in [-0.2, -0.15) is 0 Å². The lowest BCUT2D eigenvalue weighted by molar-refractivity contribution is 0.0346. The molecular formula is C15H27NO3. The van der Waals surface area contributed by atoms with Gasteiger partial charge in [-0.15, -0.1) is 0 Å². The van der Waals surface area contributed by atoms with Crippen molar-refractivity contribution in [2.45, 2.75) is 52.8 Å². The Bertz CT molecular complexity index is 341. The van der Waals surface area contributed by atoms with E-state index in [-0.39, 0.29) is 5.54 Å². The van der Waals surface area contributed by atoms with E-state index in [0.29, 0.717) is 19.8 Å². The lowest BCUT2D eigenvalue weighted by Gasteiger charge is -2.20. The minimum atomic E-state index is 0.101. The van der Waals surface area contributed by atoms with Crippen molar-refractivity contribution in [1.29, 1.82) is 0 Å². The predicted octanol–water partition coefficient (Wildman–Crippen LogP) is 3.11. The molecule has 0 fully saturated rings. The maximum absolute atomic E-state index is 5.55. The minimum absolute atomic E-state index is 0.101. The van der Waals surface area contributed by atoms with Gasteiger partial charge in [0, 0.05) is 24.3 Å². The third-order valence-corrected chi connectivity index (χ3v) is 2.60. The summed E-state index contributed by atoms with van der Waals surface area (Å²) in [6.07, 6.45) is 2.76. The second-order valence-electron chi connectivity index (χ2n) is 5.64. The first-order valence-corrected chi connectivity index (χ1v) is 6.98. The van der Waals surface area contributed by atoms with Crippen LogP contribution in [0.2, 0.25) is 0 Å². The summed E-state index contributed by atoms with van der Waals surface area (Å²) in [5, 5.41) is 3.44. The Morgan fingerprint density at radius 3 is 2.58 bits per heavy atom. The number of hydrogen-bond donors (Lipinski definition) is 1. The van der Waals surface area contributed by atoms with Crippen LogP contribution in [0.25, 0.3) is 0 Å². The smallest absolute Gasteiger partial charge is 0.133 e. The van der Waals surface area contributed by atoms with Crippen molar-refractivity contribution < 1.29 is 13.9 Å². The molecular weight excluding hydrogens is 242 g/mol. The fourth-order valence-corrected chi connectivity index (χ4v) is 1.54. The molecule has 1 aromatic rings. The van der Waals surface area contributed by atoms with E-state index in [9.17, 15) is 0 Å². The summed E-state index contributed by atoms with van der Waals surface area (Å²) in [5.74, 6) is 0.896. The Kier molecular flexibility index (Phi) is 7.13. The number of ether oxygens (including phenoxy) is 2. The molecule has 0 unspecified atom stereocenters. The van der Waals surface area contributed by atoms with E-state index in [4.69, 9.17) is 13.9 Å². The SMILES string of the molecule is CCCOCCOCc1occc1CNC(C)(C)C. The molecule has 0 aliphatic carbocycles. The fourth-order valence-electron chi connectivity index (χ4n) is 1.54. The van der Waals surface area contributed by atoms with E-state index in [1.807, 2.05) is 6.07 Å². The van der Waals surface area contributed by atoms with E-state index in [0.717, 1.165) is 30.9 Å². The molecule has 4 heteroatoms. The summed E-state index contributed by atoms with van der Waals surface area (Å²) >= 11 is 0. The lowest BCUT2D eigenvalue weighted by Crippen LogP contribution is -2.35. The molecule has 0 aliphatic rings. The zero-order chi connectivity index (χ0) is 14.1. The van der Waals surface area contributed by atoms with Crippen molar-refractivity contribution in [3.05, 3.63) is 23.7 Å². The molecule has 0 bridgehead atoms. The average molecular weight is 269 g/mol. The molecule has 0 radical (unpaired) electrons. The molecule has 1 N–H and O–H groups in total. The van der Waals surface area contributed by atoms with Gasteiger partial charge in [0.2, 0.25) is 0 Å². The van der Waals surface area contributed by atoms with Gasteiger partial charge in [-0.1, -0.05) is 6.92 Å². The normalized spacial score (nSPS) is 12.0. The predicted molar refractivity (Wildman–Crippen MR) is 76.1 cm³/mol. The molecule has 0 saturated heterocycles. The molecule has 0 aliphatic heterocycles. The second-order valence-corrected chi connectivity index (χ2v) is 5.64.